The molecule has 4 rings (SSSR count). The van der Waals surface area contributed by atoms with E-state index in [9.17, 15) is 5.11 Å². The predicted molar refractivity (Wildman–Crippen MR) is 87.9 cm³/mol. The molecule has 3 aromatic heterocycles. The molecule has 7 heteroatoms. The van der Waals surface area contributed by atoms with Gasteiger partial charge in [0.2, 0.25) is 10.8 Å². The summed E-state index contributed by atoms with van der Waals surface area (Å²) in [5.41, 5.74) is 0. The molecule has 1 N–H and O–H groups in total. The molecule has 0 saturated carbocycles. The van der Waals surface area contributed by atoms with Crippen LogP contribution in [0.4, 0.5) is 0 Å². The molecular weight excluding hydrogens is 312 g/mol. The Balaban J connectivity index is 1.79. The Morgan fingerprint density at radius 2 is 2.04 bits per heavy atom. The fraction of sp³-hybridized carbons (Fsp3) is 0.500. The van der Waals surface area contributed by atoms with Crippen LogP contribution in [0.2, 0.25) is 0 Å². The molecule has 6 nitrogen and oxygen atoms in total. The fourth-order valence-electron chi connectivity index (χ4n) is 3.30. The number of hydrogen-bond donors (Lipinski definition) is 1. The van der Waals surface area contributed by atoms with Crippen LogP contribution in [0.25, 0.3) is 4.96 Å². The zero-order chi connectivity index (χ0) is 15.8. The molecule has 0 aliphatic carbocycles. The lowest BCUT2D eigenvalue weighted by Crippen LogP contribution is -2.30. The van der Waals surface area contributed by atoms with Crippen molar-refractivity contribution in [2.24, 2.45) is 0 Å². The number of nitrogens with zero attached hydrogens (tertiary/aromatic N) is 4. The summed E-state index contributed by atoms with van der Waals surface area (Å²) in [4.78, 5) is 8.37. The molecule has 4 heterocycles. The Morgan fingerprint density at radius 1 is 1.26 bits per heavy atom. The molecule has 0 spiro atoms. The van der Waals surface area contributed by atoms with Gasteiger partial charge in [0.1, 0.15) is 17.6 Å². The van der Waals surface area contributed by atoms with Crippen LogP contribution in [0.1, 0.15) is 48.2 Å². The first-order chi connectivity index (χ1) is 11.2. The second-order valence-electron chi connectivity index (χ2n) is 6.01. The van der Waals surface area contributed by atoms with E-state index in [4.69, 9.17) is 4.42 Å². The molecule has 0 amide bonds. The molecule has 1 atom stereocenters. The highest BCUT2D eigenvalue weighted by molar-refractivity contribution is 7.17. The van der Waals surface area contributed by atoms with Gasteiger partial charge in [0, 0.05) is 0 Å². The molecule has 3 aromatic rings. The molecule has 0 bridgehead atoms. The molecule has 23 heavy (non-hydrogen) atoms. The first kappa shape index (κ1) is 14.7. The molecule has 1 aliphatic rings. The van der Waals surface area contributed by atoms with Gasteiger partial charge in [0.25, 0.3) is 0 Å². The summed E-state index contributed by atoms with van der Waals surface area (Å²) < 4.78 is 7.23. The minimum absolute atomic E-state index is 0.0723. The second kappa shape index (κ2) is 5.98. The number of aromatic nitrogens is 3. The third-order valence-corrected chi connectivity index (χ3v) is 5.44. The molecule has 0 aromatic carbocycles. The van der Waals surface area contributed by atoms with E-state index in [1.807, 2.05) is 19.1 Å². The summed E-state index contributed by atoms with van der Waals surface area (Å²) in [7, 11) is 0. The quantitative estimate of drug-likeness (QED) is 0.796. The molecular formula is C16H20N4O2S. The maximum atomic E-state index is 10.7. The van der Waals surface area contributed by atoms with Crippen LogP contribution in [0.5, 0.6) is 5.88 Å². The second-order valence-corrected chi connectivity index (χ2v) is 7.02. The normalized spacial score (nSPS) is 18.3. The molecule has 1 unspecified atom stereocenters. The van der Waals surface area contributed by atoms with Gasteiger partial charge in [0.05, 0.1) is 11.1 Å². The first-order valence-corrected chi connectivity index (χ1v) is 8.88. The lowest BCUT2D eigenvalue weighted by atomic mass is 10.1. The third-order valence-electron chi connectivity index (χ3n) is 4.37. The van der Waals surface area contributed by atoms with E-state index in [-0.39, 0.29) is 11.9 Å². The van der Waals surface area contributed by atoms with E-state index < -0.39 is 0 Å². The summed E-state index contributed by atoms with van der Waals surface area (Å²) in [6.45, 7) is 3.85. The average Bonchev–Trinajstić information content (AvgIpc) is 3.17. The summed E-state index contributed by atoms with van der Waals surface area (Å²) >= 11 is 1.49. The van der Waals surface area contributed by atoms with Crippen molar-refractivity contribution in [3.05, 3.63) is 34.9 Å². The van der Waals surface area contributed by atoms with E-state index in [1.165, 1.54) is 41.5 Å². The zero-order valence-electron chi connectivity index (χ0n) is 13.1. The molecule has 0 radical (unpaired) electrons. The highest BCUT2D eigenvalue weighted by atomic mass is 32.1. The Hall–Kier alpha value is -1.86. The van der Waals surface area contributed by atoms with Gasteiger partial charge in [-0.2, -0.15) is 4.52 Å². The molecule has 122 valence electrons. The number of fused-ring (bicyclic) bond motifs is 1. The minimum Gasteiger partial charge on any atom is -0.492 e. The maximum Gasteiger partial charge on any atom is 0.230 e. The van der Waals surface area contributed by atoms with Crippen molar-refractivity contribution in [2.75, 3.05) is 13.1 Å². The van der Waals surface area contributed by atoms with Crippen molar-refractivity contribution >= 4 is 16.3 Å². The largest absolute Gasteiger partial charge is 0.492 e. The average molecular weight is 332 g/mol. The number of thiazole rings is 1. The highest BCUT2D eigenvalue weighted by Crippen LogP contribution is 2.40. The number of hydrogen-bond acceptors (Lipinski definition) is 6. The predicted octanol–water partition coefficient (Wildman–Crippen LogP) is 3.36. The van der Waals surface area contributed by atoms with Crippen LogP contribution in [0, 0.1) is 6.92 Å². The van der Waals surface area contributed by atoms with E-state index >= 15 is 0 Å². The molecule has 1 fully saturated rings. The smallest absolute Gasteiger partial charge is 0.230 e. The Labute approximate surface area is 138 Å². The summed E-state index contributed by atoms with van der Waals surface area (Å²) in [5.74, 6) is 1.71. The van der Waals surface area contributed by atoms with Crippen molar-refractivity contribution in [1.82, 2.24) is 19.5 Å². The Bertz CT molecular complexity index is 785. The van der Waals surface area contributed by atoms with Crippen LogP contribution < -0.4 is 0 Å². The lowest BCUT2D eigenvalue weighted by Gasteiger charge is -2.28. The van der Waals surface area contributed by atoms with Gasteiger partial charge in [-0.05, 0) is 45.0 Å². The van der Waals surface area contributed by atoms with Gasteiger partial charge in [-0.1, -0.05) is 24.2 Å². The number of furan rings is 1. The van der Waals surface area contributed by atoms with Gasteiger partial charge in [0.15, 0.2) is 0 Å². The van der Waals surface area contributed by atoms with Crippen LogP contribution >= 0.6 is 11.3 Å². The Kier molecular flexibility index (Phi) is 3.82. The fourth-order valence-corrected chi connectivity index (χ4v) is 4.44. The van der Waals surface area contributed by atoms with E-state index in [0.29, 0.717) is 5.82 Å². The van der Waals surface area contributed by atoms with Crippen molar-refractivity contribution in [3.8, 4) is 5.88 Å². The summed E-state index contributed by atoms with van der Waals surface area (Å²) in [5, 5.41) is 15.0. The van der Waals surface area contributed by atoms with Gasteiger partial charge in [-0.25, -0.2) is 4.98 Å². The highest BCUT2D eigenvalue weighted by Gasteiger charge is 2.31. The van der Waals surface area contributed by atoms with Gasteiger partial charge in [-0.15, -0.1) is 5.10 Å². The van der Waals surface area contributed by atoms with Crippen LogP contribution in [-0.4, -0.2) is 37.7 Å². The van der Waals surface area contributed by atoms with Crippen molar-refractivity contribution in [2.45, 2.75) is 38.6 Å². The van der Waals surface area contributed by atoms with Gasteiger partial charge >= 0.3 is 0 Å². The molecule has 1 aliphatic heterocycles. The van der Waals surface area contributed by atoms with Crippen molar-refractivity contribution in [3.63, 3.8) is 0 Å². The van der Waals surface area contributed by atoms with Crippen molar-refractivity contribution < 1.29 is 9.52 Å². The summed E-state index contributed by atoms with van der Waals surface area (Å²) in [6, 6.07) is 3.81. The Morgan fingerprint density at radius 3 is 2.70 bits per heavy atom. The monoisotopic (exact) mass is 332 g/mol. The van der Waals surface area contributed by atoms with Crippen molar-refractivity contribution in [1.29, 1.82) is 0 Å². The van der Waals surface area contributed by atoms with Crippen LogP contribution in [0.15, 0.2) is 22.8 Å². The number of likely N-dealkylation sites (tertiary alicyclic amines) is 1. The maximum absolute atomic E-state index is 10.7. The number of aryl methyl sites for hydroxylation is 1. The summed E-state index contributed by atoms with van der Waals surface area (Å²) in [6.07, 6.45) is 6.58. The van der Waals surface area contributed by atoms with E-state index in [2.05, 4.69) is 15.0 Å². The van der Waals surface area contributed by atoms with Gasteiger partial charge in [-0.3, -0.25) is 4.90 Å². The number of rotatable bonds is 3. The van der Waals surface area contributed by atoms with E-state index in [1.54, 1.807) is 6.26 Å². The minimum atomic E-state index is -0.0723. The third kappa shape index (κ3) is 2.64. The van der Waals surface area contributed by atoms with Crippen LogP contribution in [0.3, 0.4) is 0 Å². The standard InChI is InChI=1S/C16H20N4O2S/c1-11-17-16-20(18-11)15(21)14(23-16)13(12-7-6-10-22-12)19-8-4-2-3-5-9-19/h6-7,10,13,21H,2-5,8-9H2,1H3. The van der Waals surface area contributed by atoms with Crippen LogP contribution in [-0.2, 0) is 0 Å². The zero-order valence-corrected chi connectivity index (χ0v) is 13.9. The lowest BCUT2D eigenvalue weighted by molar-refractivity contribution is 0.209. The SMILES string of the molecule is Cc1nc2sc(C(c3ccco3)N3CCCCCC3)c(O)n2n1. The first-order valence-electron chi connectivity index (χ1n) is 8.06. The topological polar surface area (TPSA) is 66.8 Å². The van der Waals surface area contributed by atoms with Gasteiger partial charge < -0.3 is 9.52 Å². The number of aromatic hydroxyl groups is 1. The van der Waals surface area contributed by atoms with E-state index in [0.717, 1.165) is 28.7 Å². The molecule has 1 saturated heterocycles.